The molecule has 1 N–H and O–H groups in total. The number of nitrogens with one attached hydrogen (secondary N) is 1. The lowest BCUT2D eigenvalue weighted by molar-refractivity contribution is 0.505. The highest BCUT2D eigenvalue weighted by molar-refractivity contribution is 4.97. The molecule has 1 unspecified atom stereocenters. The summed E-state index contributed by atoms with van der Waals surface area (Å²) < 4.78 is 0. The molecule has 0 aromatic carbocycles. The van der Waals surface area contributed by atoms with E-state index in [0.29, 0.717) is 6.04 Å². The second kappa shape index (κ2) is 9.61. The molecule has 0 spiro atoms. The van der Waals surface area contributed by atoms with Crippen LogP contribution in [0.3, 0.4) is 0 Å². The van der Waals surface area contributed by atoms with Crippen LogP contribution in [0.25, 0.3) is 0 Å². The lowest BCUT2D eigenvalue weighted by Gasteiger charge is -2.10. The second-order valence-electron chi connectivity index (χ2n) is 3.56. The Kier molecular flexibility index (Phi) is 9.25. The Morgan fingerprint density at radius 3 is 2.62 bits per heavy atom. The Balaban J connectivity index is 3.18. The number of hydrogen-bond donors (Lipinski definition) is 1. The van der Waals surface area contributed by atoms with Gasteiger partial charge in [0.05, 0.1) is 6.54 Å². The Hall–Kier alpha value is -0.480. The first-order valence-corrected chi connectivity index (χ1v) is 5.44. The van der Waals surface area contributed by atoms with Gasteiger partial charge in [-0.3, -0.25) is 0 Å². The fraction of sp³-hybridized carbons (Fsp3) is 0.833. The minimum absolute atomic E-state index is 0.623. The van der Waals surface area contributed by atoms with Crippen molar-refractivity contribution in [2.75, 3.05) is 6.54 Å². The molecule has 13 heavy (non-hydrogen) atoms. The summed E-state index contributed by atoms with van der Waals surface area (Å²) in [6, 6.07) is 0.623. The minimum atomic E-state index is 0.623. The first-order chi connectivity index (χ1) is 6.31. The molecule has 1 heteroatoms. The van der Waals surface area contributed by atoms with Gasteiger partial charge in [-0.05, 0) is 20.3 Å². The highest BCUT2D eigenvalue weighted by atomic mass is 14.9. The van der Waals surface area contributed by atoms with Gasteiger partial charge in [0.1, 0.15) is 0 Å². The molecule has 0 bridgehead atoms. The van der Waals surface area contributed by atoms with Crippen molar-refractivity contribution in [1.29, 1.82) is 0 Å². The van der Waals surface area contributed by atoms with Crippen LogP contribution in [-0.4, -0.2) is 12.6 Å². The summed E-state index contributed by atoms with van der Waals surface area (Å²) in [5, 5.41) is 3.39. The van der Waals surface area contributed by atoms with Crippen LogP contribution in [0.4, 0.5) is 0 Å². The maximum atomic E-state index is 3.39. The van der Waals surface area contributed by atoms with E-state index < -0.39 is 0 Å². The molecule has 0 saturated carbocycles. The molecule has 76 valence electrons. The third kappa shape index (κ3) is 9.43. The lowest BCUT2D eigenvalue weighted by Crippen LogP contribution is -2.26. The Bertz CT molecular complexity index is 152. The van der Waals surface area contributed by atoms with Gasteiger partial charge in [0.2, 0.25) is 0 Å². The molecule has 1 nitrogen and oxygen atoms in total. The first kappa shape index (κ1) is 12.5. The molecule has 0 aliphatic heterocycles. The molecular formula is C12H23N. The van der Waals surface area contributed by atoms with Gasteiger partial charge in [0.25, 0.3) is 0 Å². The summed E-state index contributed by atoms with van der Waals surface area (Å²) in [7, 11) is 0. The second-order valence-corrected chi connectivity index (χ2v) is 3.56. The lowest BCUT2D eigenvalue weighted by atomic mass is 10.1. The molecule has 0 fully saturated rings. The molecule has 0 heterocycles. The largest absolute Gasteiger partial charge is 0.304 e. The smallest absolute Gasteiger partial charge is 0.0578 e. The van der Waals surface area contributed by atoms with E-state index in [9.17, 15) is 0 Å². The summed E-state index contributed by atoms with van der Waals surface area (Å²) >= 11 is 0. The molecule has 0 aromatic heterocycles. The Morgan fingerprint density at radius 1 is 1.23 bits per heavy atom. The summed E-state index contributed by atoms with van der Waals surface area (Å²) in [4.78, 5) is 0. The van der Waals surface area contributed by atoms with Crippen LogP contribution >= 0.6 is 0 Å². The van der Waals surface area contributed by atoms with Crippen LogP contribution in [0.2, 0.25) is 0 Å². The van der Waals surface area contributed by atoms with Gasteiger partial charge in [0, 0.05) is 6.04 Å². The van der Waals surface area contributed by atoms with E-state index in [0.717, 1.165) is 6.54 Å². The number of rotatable bonds is 7. The van der Waals surface area contributed by atoms with Crippen molar-refractivity contribution in [3.8, 4) is 11.8 Å². The quantitative estimate of drug-likeness (QED) is 0.470. The SMILES string of the molecule is CC#CCNC(C)CCCCCC. The normalized spacial score (nSPS) is 11.9. The van der Waals surface area contributed by atoms with Gasteiger partial charge in [-0.15, -0.1) is 5.92 Å². The van der Waals surface area contributed by atoms with Crippen molar-refractivity contribution in [3.05, 3.63) is 0 Å². The average Bonchev–Trinajstić information content (AvgIpc) is 2.13. The number of unbranched alkanes of at least 4 members (excludes halogenated alkanes) is 3. The van der Waals surface area contributed by atoms with Gasteiger partial charge in [-0.25, -0.2) is 0 Å². The van der Waals surface area contributed by atoms with Gasteiger partial charge in [-0.1, -0.05) is 38.5 Å². The third-order valence-corrected chi connectivity index (χ3v) is 2.21. The fourth-order valence-electron chi connectivity index (χ4n) is 1.29. The summed E-state index contributed by atoms with van der Waals surface area (Å²) in [6.45, 7) is 7.21. The Labute approximate surface area is 83.3 Å². The van der Waals surface area contributed by atoms with Crippen LogP contribution in [-0.2, 0) is 0 Å². The van der Waals surface area contributed by atoms with Crippen molar-refractivity contribution in [1.82, 2.24) is 5.32 Å². The van der Waals surface area contributed by atoms with Gasteiger partial charge < -0.3 is 5.32 Å². The first-order valence-electron chi connectivity index (χ1n) is 5.44. The molecule has 0 amide bonds. The van der Waals surface area contributed by atoms with Crippen molar-refractivity contribution >= 4 is 0 Å². The van der Waals surface area contributed by atoms with Gasteiger partial charge >= 0.3 is 0 Å². The predicted octanol–water partition coefficient (Wildman–Crippen LogP) is 2.96. The van der Waals surface area contributed by atoms with Crippen molar-refractivity contribution in [2.24, 2.45) is 0 Å². The monoisotopic (exact) mass is 181 g/mol. The van der Waals surface area contributed by atoms with E-state index in [1.807, 2.05) is 6.92 Å². The average molecular weight is 181 g/mol. The standard InChI is InChI=1S/C12H23N/c1-4-6-8-9-10-12(3)13-11-7-5-2/h12-13H,4,6,8-11H2,1-3H3. The zero-order valence-electron chi connectivity index (χ0n) is 9.32. The molecule has 0 radical (unpaired) electrons. The van der Waals surface area contributed by atoms with Crippen molar-refractivity contribution < 1.29 is 0 Å². The summed E-state index contributed by atoms with van der Waals surface area (Å²) in [5.41, 5.74) is 0. The van der Waals surface area contributed by atoms with Crippen LogP contribution in [0.5, 0.6) is 0 Å². The van der Waals surface area contributed by atoms with E-state index in [2.05, 4.69) is 31.0 Å². The topological polar surface area (TPSA) is 12.0 Å². The third-order valence-electron chi connectivity index (χ3n) is 2.21. The molecule has 0 rings (SSSR count). The molecular weight excluding hydrogens is 158 g/mol. The van der Waals surface area contributed by atoms with E-state index in [-0.39, 0.29) is 0 Å². The predicted molar refractivity (Wildman–Crippen MR) is 59.7 cm³/mol. The zero-order valence-corrected chi connectivity index (χ0v) is 9.32. The molecule has 0 aliphatic carbocycles. The zero-order chi connectivity index (χ0) is 9.94. The van der Waals surface area contributed by atoms with Gasteiger partial charge in [-0.2, -0.15) is 0 Å². The van der Waals surface area contributed by atoms with Crippen LogP contribution in [0.1, 0.15) is 52.9 Å². The molecule has 0 aliphatic rings. The van der Waals surface area contributed by atoms with Crippen LogP contribution < -0.4 is 5.32 Å². The highest BCUT2D eigenvalue weighted by Gasteiger charge is 1.98. The van der Waals surface area contributed by atoms with Crippen molar-refractivity contribution in [3.63, 3.8) is 0 Å². The summed E-state index contributed by atoms with van der Waals surface area (Å²) in [5.74, 6) is 5.91. The van der Waals surface area contributed by atoms with Crippen LogP contribution in [0, 0.1) is 11.8 Å². The van der Waals surface area contributed by atoms with Crippen LogP contribution in [0.15, 0.2) is 0 Å². The van der Waals surface area contributed by atoms with Gasteiger partial charge in [0.15, 0.2) is 0 Å². The maximum absolute atomic E-state index is 3.39. The van der Waals surface area contributed by atoms with E-state index in [4.69, 9.17) is 0 Å². The Morgan fingerprint density at radius 2 is 2.00 bits per heavy atom. The molecule has 0 aromatic rings. The van der Waals surface area contributed by atoms with Crippen molar-refractivity contribution in [2.45, 2.75) is 58.9 Å². The molecule has 1 atom stereocenters. The fourth-order valence-corrected chi connectivity index (χ4v) is 1.29. The highest BCUT2D eigenvalue weighted by Crippen LogP contribution is 2.04. The van der Waals surface area contributed by atoms with E-state index in [1.54, 1.807) is 0 Å². The minimum Gasteiger partial charge on any atom is -0.304 e. The summed E-state index contributed by atoms with van der Waals surface area (Å²) in [6.07, 6.45) is 6.71. The number of hydrogen-bond acceptors (Lipinski definition) is 1. The molecule has 0 saturated heterocycles. The maximum Gasteiger partial charge on any atom is 0.0578 e. The van der Waals surface area contributed by atoms with E-state index >= 15 is 0 Å². The van der Waals surface area contributed by atoms with E-state index in [1.165, 1.54) is 32.1 Å².